The van der Waals surface area contributed by atoms with E-state index in [0.717, 1.165) is 45.0 Å². The largest absolute Gasteiger partial charge is 0.374 e. The first kappa shape index (κ1) is 18.4. The molecule has 1 atom stereocenters. The second-order valence-electron chi connectivity index (χ2n) is 7.05. The summed E-state index contributed by atoms with van der Waals surface area (Å²) in [6.45, 7) is 5.26. The predicted molar refractivity (Wildman–Crippen MR) is 110 cm³/mol. The summed E-state index contributed by atoms with van der Waals surface area (Å²) in [4.78, 5) is 3.54. The maximum absolute atomic E-state index is 5.85. The number of hydrogen-bond donors (Lipinski definition) is 1. The van der Waals surface area contributed by atoms with Gasteiger partial charge in [-0.2, -0.15) is 5.10 Å². The molecule has 4 rings (SSSR count). The van der Waals surface area contributed by atoms with Crippen LogP contribution in [0.5, 0.6) is 0 Å². The van der Waals surface area contributed by atoms with Crippen LogP contribution in [0.25, 0.3) is 10.6 Å². The molecule has 0 spiro atoms. The normalized spacial score (nSPS) is 18.0. The Kier molecular flexibility index (Phi) is 5.99. The number of nitrogens with zero attached hydrogens (tertiary/aromatic N) is 3. The van der Waals surface area contributed by atoms with Gasteiger partial charge < -0.3 is 15.0 Å². The highest BCUT2D eigenvalue weighted by atomic mass is 32.1. The van der Waals surface area contributed by atoms with Gasteiger partial charge >= 0.3 is 0 Å². The highest BCUT2D eigenvalue weighted by molar-refractivity contribution is 7.13. The van der Waals surface area contributed by atoms with E-state index in [1.165, 1.54) is 16.0 Å². The Labute approximate surface area is 164 Å². The second-order valence-corrected chi connectivity index (χ2v) is 8.00. The van der Waals surface area contributed by atoms with Crippen LogP contribution in [-0.4, -0.2) is 54.1 Å². The van der Waals surface area contributed by atoms with Crippen molar-refractivity contribution in [2.45, 2.75) is 19.2 Å². The Morgan fingerprint density at radius 3 is 2.89 bits per heavy atom. The number of nitrogens with one attached hydrogen (secondary N) is 1. The molecule has 1 unspecified atom stereocenters. The minimum Gasteiger partial charge on any atom is -0.374 e. The van der Waals surface area contributed by atoms with Crippen LogP contribution in [0.4, 0.5) is 0 Å². The van der Waals surface area contributed by atoms with Crippen molar-refractivity contribution < 1.29 is 4.74 Å². The van der Waals surface area contributed by atoms with Crippen LogP contribution < -0.4 is 5.32 Å². The molecule has 1 aliphatic rings. The summed E-state index contributed by atoms with van der Waals surface area (Å²) >= 11 is 1.74. The van der Waals surface area contributed by atoms with Gasteiger partial charge in [0.05, 0.1) is 24.1 Å². The van der Waals surface area contributed by atoms with Crippen LogP contribution in [0, 0.1) is 0 Å². The molecule has 3 aromatic rings. The number of thiophene rings is 1. The third kappa shape index (κ3) is 4.84. The molecule has 1 fully saturated rings. The molecule has 27 heavy (non-hydrogen) atoms. The minimum absolute atomic E-state index is 0.258. The Morgan fingerprint density at radius 2 is 2.11 bits per heavy atom. The van der Waals surface area contributed by atoms with Gasteiger partial charge in [0.25, 0.3) is 0 Å². The summed E-state index contributed by atoms with van der Waals surface area (Å²) in [5, 5.41) is 10.5. The quantitative estimate of drug-likeness (QED) is 0.682. The molecule has 142 valence electrons. The van der Waals surface area contributed by atoms with Gasteiger partial charge in [-0.1, -0.05) is 36.4 Å². The fraction of sp³-hybridized carbons (Fsp3) is 0.381. The summed E-state index contributed by atoms with van der Waals surface area (Å²) in [7, 11) is 2.15. The van der Waals surface area contributed by atoms with Crippen molar-refractivity contribution in [2.24, 2.45) is 0 Å². The van der Waals surface area contributed by atoms with Crippen LogP contribution in [0.15, 0.2) is 54.0 Å². The van der Waals surface area contributed by atoms with Gasteiger partial charge in [-0.25, -0.2) is 0 Å². The molecule has 1 N–H and O–H groups in total. The second kappa shape index (κ2) is 8.80. The number of ether oxygens (including phenoxy) is 1. The Morgan fingerprint density at radius 1 is 1.22 bits per heavy atom. The van der Waals surface area contributed by atoms with Gasteiger partial charge in [0.2, 0.25) is 0 Å². The SMILES string of the molecule is CN1CCOC(CNCc2cn(Cc3ccccc3)nc2-c2cccs2)C1. The van der Waals surface area contributed by atoms with E-state index in [1.807, 2.05) is 10.7 Å². The number of hydrogen-bond acceptors (Lipinski definition) is 5. The Hall–Kier alpha value is -1.99. The van der Waals surface area contributed by atoms with Crippen molar-refractivity contribution in [1.82, 2.24) is 20.0 Å². The van der Waals surface area contributed by atoms with Crippen molar-refractivity contribution in [3.8, 4) is 10.6 Å². The number of likely N-dealkylation sites (N-methyl/N-ethyl adjacent to an activating group) is 1. The lowest BCUT2D eigenvalue weighted by molar-refractivity contribution is -0.0182. The first-order valence-corrected chi connectivity index (χ1v) is 10.3. The van der Waals surface area contributed by atoms with Crippen molar-refractivity contribution >= 4 is 11.3 Å². The number of aromatic nitrogens is 2. The molecule has 0 saturated carbocycles. The average Bonchev–Trinajstić information content (AvgIpc) is 3.33. The van der Waals surface area contributed by atoms with Crippen molar-refractivity contribution in [2.75, 3.05) is 33.3 Å². The van der Waals surface area contributed by atoms with Gasteiger partial charge in [-0.3, -0.25) is 4.68 Å². The van der Waals surface area contributed by atoms with E-state index in [4.69, 9.17) is 9.84 Å². The molecular weight excluding hydrogens is 356 g/mol. The highest BCUT2D eigenvalue weighted by Crippen LogP contribution is 2.27. The third-order valence-corrected chi connectivity index (χ3v) is 5.69. The van der Waals surface area contributed by atoms with E-state index < -0.39 is 0 Å². The minimum atomic E-state index is 0.258. The lowest BCUT2D eigenvalue weighted by Crippen LogP contribution is -2.44. The Balaban J connectivity index is 1.45. The summed E-state index contributed by atoms with van der Waals surface area (Å²) in [5.41, 5.74) is 3.57. The molecule has 0 aliphatic carbocycles. The maximum atomic E-state index is 5.85. The average molecular weight is 383 g/mol. The van der Waals surface area contributed by atoms with Crippen LogP contribution in [0.1, 0.15) is 11.1 Å². The van der Waals surface area contributed by atoms with Crippen molar-refractivity contribution in [3.63, 3.8) is 0 Å². The number of morpholine rings is 1. The van der Waals surface area contributed by atoms with E-state index in [0.29, 0.717) is 0 Å². The molecular formula is C21H26N4OS. The number of rotatable bonds is 7. The molecule has 2 aromatic heterocycles. The zero-order valence-corrected chi connectivity index (χ0v) is 16.5. The van der Waals surface area contributed by atoms with Crippen LogP contribution in [0.2, 0.25) is 0 Å². The topological polar surface area (TPSA) is 42.3 Å². The van der Waals surface area contributed by atoms with E-state index in [2.05, 4.69) is 65.2 Å². The van der Waals surface area contributed by atoms with E-state index in [9.17, 15) is 0 Å². The van der Waals surface area contributed by atoms with Gasteiger partial charge in [0.1, 0.15) is 5.69 Å². The predicted octanol–water partition coefficient (Wildman–Crippen LogP) is 3.08. The number of benzene rings is 1. The van der Waals surface area contributed by atoms with Crippen molar-refractivity contribution in [1.29, 1.82) is 0 Å². The molecule has 1 saturated heterocycles. The molecule has 3 heterocycles. The molecule has 1 aromatic carbocycles. The smallest absolute Gasteiger partial charge is 0.107 e. The van der Waals surface area contributed by atoms with Crippen LogP contribution in [-0.2, 0) is 17.8 Å². The fourth-order valence-electron chi connectivity index (χ4n) is 3.42. The standard InChI is InChI=1S/C21H26N4OS/c1-24-9-10-26-19(16-24)13-22-12-18-15-25(14-17-6-3-2-4-7-17)23-21(18)20-8-5-11-27-20/h2-8,11,15,19,22H,9-10,12-14,16H2,1H3. The summed E-state index contributed by atoms with van der Waals surface area (Å²) in [6, 6.07) is 14.7. The first-order chi connectivity index (χ1) is 13.3. The zero-order chi connectivity index (χ0) is 18.5. The fourth-order valence-corrected chi connectivity index (χ4v) is 4.17. The molecule has 0 bridgehead atoms. The molecule has 0 amide bonds. The Bertz CT molecular complexity index is 831. The van der Waals surface area contributed by atoms with E-state index >= 15 is 0 Å². The van der Waals surface area contributed by atoms with Gasteiger partial charge in [-0.15, -0.1) is 11.3 Å². The third-order valence-electron chi connectivity index (χ3n) is 4.81. The zero-order valence-electron chi connectivity index (χ0n) is 15.7. The van der Waals surface area contributed by atoms with Gasteiger partial charge in [-0.05, 0) is 24.1 Å². The van der Waals surface area contributed by atoms with Crippen LogP contribution >= 0.6 is 11.3 Å². The highest BCUT2D eigenvalue weighted by Gasteiger charge is 2.18. The lowest BCUT2D eigenvalue weighted by Gasteiger charge is -2.30. The molecule has 6 heteroatoms. The van der Waals surface area contributed by atoms with E-state index in [1.54, 1.807) is 11.3 Å². The van der Waals surface area contributed by atoms with Crippen LogP contribution in [0.3, 0.4) is 0 Å². The first-order valence-electron chi connectivity index (χ1n) is 9.43. The summed E-state index contributed by atoms with van der Waals surface area (Å²) in [5.74, 6) is 0. The summed E-state index contributed by atoms with van der Waals surface area (Å²) in [6.07, 6.45) is 2.43. The molecule has 1 aliphatic heterocycles. The van der Waals surface area contributed by atoms with Crippen molar-refractivity contribution in [3.05, 3.63) is 65.2 Å². The summed E-state index contributed by atoms with van der Waals surface area (Å²) < 4.78 is 7.90. The lowest BCUT2D eigenvalue weighted by atomic mass is 10.2. The molecule has 0 radical (unpaired) electrons. The van der Waals surface area contributed by atoms with E-state index in [-0.39, 0.29) is 6.10 Å². The molecule has 5 nitrogen and oxygen atoms in total. The monoisotopic (exact) mass is 382 g/mol. The maximum Gasteiger partial charge on any atom is 0.107 e. The van der Waals surface area contributed by atoms with Gasteiger partial charge in [0, 0.05) is 37.9 Å². The van der Waals surface area contributed by atoms with Gasteiger partial charge in [0.15, 0.2) is 0 Å².